The summed E-state index contributed by atoms with van der Waals surface area (Å²) in [6.07, 6.45) is 6.72. The lowest BCUT2D eigenvalue weighted by molar-refractivity contribution is 0.206. The minimum absolute atomic E-state index is 0. The average Bonchev–Trinajstić information content (AvgIpc) is 3.07. The molecular formula is C21H34IN5. The highest BCUT2D eigenvalue weighted by Crippen LogP contribution is 2.18. The van der Waals surface area contributed by atoms with E-state index in [1.54, 1.807) is 0 Å². The number of H-pyrrole nitrogens is 1. The first-order chi connectivity index (χ1) is 12.8. The summed E-state index contributed by atoms with van der Waals surface area (Å²) in [4.78, 5) is 10.7. The second-order valence-electron chi connectivity index (χ2n) is 7.13. The maximum Gasteiger partial charge on any atom is 0.191 e. The van der Waals surface area contributed by atoms with E-state index >= 15 is 0 Å². The molecule has 0 unspecified atom stereocenters. The maximum atomic E-state index is 4.81. The van der Waals surface area contributed by atoms with Crippen LogP contribution in [0.5, 0.6) is 0 Å². The molecule has 0 aliphatic carbocycles. The van der Waals surface area contributed by atoms with E-state index in [2.05, 4.69) is 64.8 Å². The van der Waals surface area contributed by atoms with Gasteiger partial charge in [0, 0.05) is 49.3 Å². The van der Waals surface area contributed by atoms with Crippen LogP contribution in [0, 0.1) is 0 Å². The Kier molecular flexibility index (Phi) is 9.41. The Labute approximate surface area is 180 Å². The Morgan fingerprint density at radius 1 is 1.22 bits per heavy atom. The third-order valence-electron chi connectivity index (χ3n) is 5.14. The fraction of sp³-hybridized carbons (Fsp3) is 0.571. The predicted octanol–water partition coefficient (Wildman–Crippen LogP) is 3.76. The van der Waals surface area contributed by atoms with Crippen LogP contribution < -0.4 is 10.6 Å². The van der Waals surface area contributed by atoms with Crippen LogP contribution in [0.3, 0.4) is 0 Å². The Balaban J connectivity index is 0.00000261. The van der Waals surface area contributed by atoms with Gasteiger partial charge < -0.3 is 20.5 Å². The van der Waals surface area contributed by atoms with Crippen LogP contribution in [-0.4, -0.2) is 54.6 Å². The number of piperidine rings is 1. The van der Waals surface area contributed by atoms with Crippen LogP contribution in [-0.2, 0) is 6.42 Å². The van der Waals surface area contributed by atoms with Crippen LogP contribution in [0.2, 0.25) is 0 Å². The molecule has 3 N–H and O–H groups in total. The number of aromatic nitrogens is 1. The van der Waals surface area contributed by atoms with Gasteiger partial charge in [0.2, 0.25) is 0 Å². The highest BCUT2D eigenvalue weighted by atomic mass is 127. The van der Waals surface area contributed by atoms with Crippen molar-refractivity contribution in [3.05, 3.63) is 36.0 Å². The molecule has 1 aliphatic heterocycles. The number of hydrogen-bond donors (Lipinski definition) is 3. The number of nitrogens with zero attached hydrogens (tertiary/aromatic N) is 2. The van der Waals surface area contributed by atoms with Gasteiger partial charge in [-0.1, -0.05) is 25.1 Å². The zero-order chi connectivity index (χ0) is 18.2. The summed E-state index contributed by atoms with van der Waals surface area (Å²) in [6, 6.07) is 9.00. The molecule has 27 heavy (non-hydrogen) atoms. The summed E-state index contributed by atoms with van der Waals surface area (Å²) in [5, 5.41) is 8.35. The predicted molar refractivity (Wildman–Crippen MR) is 126 cm³/mol. The van der Waals surface area contributed by atoms with Crippen LogP contribution in [0.4, 0.5) is 0 Å². The summed E-state index contributed by atoms with van der Waals surface area (Å²) in [5.41, 5.74) is 2.54. The normalized spacial score (nSPS) is 16.3. The number of likely N-dealkylation sites (tertiary alicyclic amines) is 1. The topological polar surface area (TPSA) is 55.5 Å². The first-order valence-electron chi connectivity index (χ1n) is 10.1. The van der Waals surface area contributed by atoms with Gasteiger partial charge in [-0.25, -0.2) is 0 Å². The number of aliphatic imine (C=N–C) groups is 1. The number of guanidine groups is 1. The first-order valence-corrected chi connectivity index (χ1v) is 10.1. The van der Waals surface area contributed by atoms with Gasteiger partial charge in [0.05, 0.1) is 0 Å². The van der Waals surface area contributed by atoms with Gasteiger partial charge in [0.1, 0.15) is 0 Å². The molecule has 3 rings (SSSR count). The Bertz CT molecular complexity index is 703. The van der Waals surface area contributed by atoms with Crippen LogP contribution in [0.15, 0.2) is 35.5 Å². The molecule has 1 fully saturated rings. The molecule has 1 saturated heterocycles. The van der Waals surface area contributed by atoms with Gasteiger partial charge >= 0.3 is 0 Å². The van der Waals surface area contributed by atoms with E-state index in [4.69, 9.17) is 4.99 Å². The number of fused-ring (bicyclic) bond motifs is 1. The molecule has 0 bridgehead atoms. The maximum absolute atomic E-state index is 4.81. The van der Waals surface area contributed by atoms with E-state index in [9.17, 15) is 0 Å². The average molecular weight is 483 g/mol. The third-order valence-corrected chi connectivity index (χ3v) is 5.14. The van der Waals surface area contributed by atoms with E-state index in [1.165, 1.54) is 55.4 Å². The van der Waals surface area contributed by atoms with Crippen molar-refractivity contribution in [1.82, 2.24) is 20.5 Å². The molecule has 1 aromatic heterocycles. The first kappa shape index (κ1) is 22.0. The van der Waals surface area contributed by atoms with Crippen molar-refractivity contribution in [2.45, 2.75) is 45.6 Å². The summed E-state index contributed by atoms with van der Waals surface area (Å²) in [6.45, 7) is 9.69. The fourth-order valence-electron chi connectivity index (χ4n) is 3.76. The second-order valence-corrected chi connectivity index (χ2v) is 7.13. The Hall–Kier alpha value is -1.28. The monoisotopic (exact) mass is 483 g/mol. The van der Waals surface area contributed by atoms with Crippen LogP contribution >= 0.6 is 24.0 Å². The van der Waals surface area contributed by atoms with Crippen molar-refractivity contribution in [1.29, 1.82) is 0 Å². The number of para-hydroxylation sites is 1. The van der Waals surface area contributed by atoms with Crippen molar-refractivity contribution < 1.29 is 0 Å². The van der Waals surface area contributed by atoms with Crippen molar-refractivity contribution in [2.75, 3.05) is 32.7 Å². The lowest BCUT2D eigenvalue weighted by Gasteiger charge is -2.32. The van der Waals surface area contributed by atoms with Gasteiger partial charge in [-0.2, -0.15) is 0 Å². The lowest BCUT2D eigenvalue weighted by Crippen LogP contribution is -2.48. The molecule has 150 valence electrons. The largest absolute Gasteiger partial charge is 0.361 e. The molecule has 2 aromatic rings. The number of benzene rings is 1. The highest BCUT2D eigenvalue weighted by Gasteiger charge is 2.19. The second kappa shape index (κ2) is 11.5. The van der Waals surface area contributed by atoms with Crippen LogP contribution in [0.25, 0.3) is 10.9 Å². The van der Waals surface area contributed by atoms with Gasteiger partial charge in [0.15, 0.2) is 5.96 Å². The zero-order valence-corrected chi connectivity index (χ0v) is 19.0. The molecular weight excluding hydrogens is 449 g/mol. The van der Waals surface area contributed by atoms with Crippen molar-refractivity contribution in [3.8, 4) is 0 Å². The molecule has 0 spiro atoms. The van der Waals surface area contributed by atoms with Gasteiger partial charge in [-0.3, -0.25) is 4.99 Å². The lowest BCUT2D eigenvalue weighted by atomic mass is 10.1. The van der Waals surface area contributed by atoms with E-state index in [0.29, 0.717) is 6.04 Å². The summed E-state index contributed by atoms with van der Waals surface area (Å²) >= 11 is 0. The molecule has 1 aliphatic rings. The summed E-state index contributed by atoms with van der Waals surface area (Å²) < 4.78 is 0. The summed E-state index contributed by atoms with van der Waals surface area (Å²) in [7, 11) is 0. The minimum atomic E-state index is 0. The number of hydrogen-bond acceptors (Lipinski definition) is 2. The van der Waals surface area contributed by atoms with Crippen molar-refractivity contribution in [2.24, 2.45) is 4.99 Å². The molecule has 0 radical (unpaired) electrons. The minimum Gasteiger partial charge on any atom is -0.361 e. The van der Waals surface area contributed by atoms with Crippen LogP contribution in [0.1, 0.15) is 38.7 Å². The van der Waals surface area contributed by atoms with Crippen molar-refractivity contribution >= 4 is 40.8 Å². The van der Waals surface area contributed by atoms with Gasteiger partial charge in [-0.15, -0.1) is 24.0 Å². The molecule has 6 heteroatoms. The number of rotatable bonds is 7. The molecule has 1 aromatic carbocycles. The van der Waals surface area contributed by atoms with Gasteiger partial charge in [-0.05, 0) is 50.8 Å². The van der Waals surface area contributed by atoms with Crippen molar-refractivity contribution in [3.63, 3.8) is 0 Å². The Morgan fingerprint density at radius 2 is 2.00 bits per heavy atom. The number of aromatic amines is 1. The van der Waals surface area contributed by atoms with E-state index < -0.39 is 0 Å². The molecule has 0 saturated carbocycles. The fourth-order valence-corrected chi connectivity index (χ4v) is 3.76. The quantitative estimate of drug-likeness (QED) is 0.320. The SMILES string of the molecule is CCCN1CCC(NC(=NCCc2c[nH]c3ccccc23)NCC)CC1.I. The van der Waals surface area contributed by atoms with E-state index in [0.717, 1.165) is 25.5 Å². The molecule has 0 amide bonds. The molecule has 2 heterocycles. The number of nitrogens with one attached hydrogen (secondary N) is 3. The zero-order valence-electron chi connectivity index (χ0n) is 16.6. The van der Waals surface area contributed by atoms with Gasteiger partial charge in [0.25, 0.3) is 0 Å². The third kappa shape index (κ3) is 6.38. The highest BCUT2D eigenvalue weighted by molar-refractivity contribution is 14.0. The summed E-state index contributed by atoms with van der Waals surface area (Å²) in [5.74, 6) is 0.960. The standard InChI is InChI=1S/C21H33N5.HI/c1-3-13-26-14-10-18(11-15-26)25-21(22-4-2)23-12-9-17-16-24-20-8-6-5-7-19(17)20;/h5-8,16,18,24H,3-4,9-15H2,1-2H3,(H2,22,23,25);1H. The smallest absolute Gasteiger partial charge is 0.191 e. The molecule has 0 atom stereocenters. The number of halogens is 1. The molecule has 5 nitrogen and oxygen atoms in total. The van der Waals surface area contributed by atoms with E-state index in [-0.39, 0.29) is 24.0 Å². The Morgan fingerprint density at radius 3 is 2.74 bits per heavy atom. The van der Waals surface area contributed by atoms with E-state index in [1.807, 2.05) is 0 Å².